The van der Waals surface area contributed by atoms with Gasteiger partial charge in [0.2, 0.25) is 11.9 Å². The zero-order chi connectivity index (χ0) is 15.0. The van der Waals surface area contributed by atoms with Crippen LogP contribution in [-0.2, 0) is 14.3 Å². The van der Waals surface area contributed by atoms with Crippen molar-refractivity contribution in [2.75, 3.05) is 0 Å². The fourth-order valence-corrected chi connectivity index (χ4v) is 2.49. The molecule has 2 unspecified atom stereocenters. The standard InChI is InChI=1S/C16H11BrO4/c17-12-7-5-10(6-8-12)9-1-3-11(4-2-9)15-13(18)14(19)16(20)21-15/h1-8,14-15,19H. The van der Waals surface area contributed by atoms with Crippen LogP contribution in [0.15, 0.2) is 53.0 Å². The molecule has 2 atom stereocenters. The summed E-state index contributed by atoms with van der Waals surface area (Å²) in [7, 11) is 0. The summed E-state index contributed by atoms with van der Waals surface area (Å²) < 4.78 is 5.89. The predicted molar refractivity (Wildman–Crippen MR) is 79.4 cm³/mol. The molecular formula is C16H11BrO4. The highest BCUT2D eigenvalue weighted by molar-refractivity contribution is 9.10. The van der Waals surface area contributed by atoms with Crippen LogP contribution in [0.25, 0.3) is 11.1 Å². The van der Waals surface area contributed by atoms with Crippen LogP contribution in [0.3, 0.4) is 0 Å². The number of carbonyl (C=O) groups excluding carboxylic acids is 2. The summed E-state index contributed by atoms with van der Waals surface area (Å²) in [4.78, 5) is 22.9. The summed E-state index contributed by atoms with van der Waals surface area (Å²) in [6.45, 7) is 0. The lowest BCUT2D eigenvalue weighted by atomic mass is 10.00. The van der Waals surface area contributed by atoms with E-state index in [1.54, 1.807) is 12.1 Å². The van der Waals surface area contributed by atoms with E-state index >= 15 is 0 Å². The van der Waals surface area contributed by atoms with Gasteiger partial charge in [-0.25, -0.2) is 4.79 Å². The number of Topliss-reactive ketones (excluding diaryl/α,β-unsaturated/α-hetero) is 1. The van der Waals surface area contributed by atoms with Crippen LogP contribution in [0, 0.1) is 0 Å². The number of carbonyl (C=O) groups is 2. The molecule has 0 aliphatic carbocycles. The largest absolute Gasteiger partial charge is 0.447 e. The van der Waals surface area contributed by atoms with Crippen molar-refractivity contribution >= 4 is 27.7 Å². The number of aliphatic hydroxyl groups excluding tert-OH is 1. The Labute approximate surface area is 129 Å². The molecule has 1 saturated heterocycles. The van der Waals surface area contributed by atoms with Gasteiger partial charge in [-0.2, -0.15) is 0 Å². The number of hydrogen-bond donors (Lipinski definition) is 1. The first-order chi connectivity index (χ1) is 10.1. The topological polar surface area (TPSA) is 63.6 Å². The molecule has 2 aromatic carbocycles. The van der Waals surface area contributed by atoms with Crippen molar-refractivity contribution in [2.24, 2.45) is 0 Å². The Morgan fingerprint density at radius 2 is 1.43 bits per heavy atom. The Kier molecular flexibility index (Phi) is 3.61. The highest BCUT2D eigenvalue weighted by Gasteiger charge is 2.42. The molecule has 5 heteroatoms. The minimum absolute atomic E-state index is 0.561. The highest BCUT2D eigenvalue weighted by atomic mass is 79.9. The Morgan fingerprint density at radius 3 is 1.90 bits per heavy atom. The molecule has 0 amide bonds. The van der Waals surface area contributed by atoms with E-state index < -0.39 is 24.0 Å². The normalized spacial score (nSPS) is 21.4. The fourth-order valence-electron chi connectivity index (χ4n) is 2.22. The van der Waals surface area contributed by atoms with Gasteiger partial charge >= 0.3 is 5.97 Å². The number of benzene rings is 2. The molecule has 0 saturated carbocycles. The molecule has 4 nitrogen and oxygen atoms in total. The summed E-state index contributed by atoms with van der Waals surface area (Å²) >= 11 is 3.38. The number of cyclic esters (lactones) is 1. The Balaban J connectivity index is 1.86. The molecule has 1 aliphatic rings. The molecule has 106 valence electrons. The van der Waals surface area contributed by atoms with Crippen LogP contribution in [0.4, 0.5) is 0 Å². The molecule has 3 rings (SSSR count). The second-order valence-corrected chi connectivity index (χ2v) is 5.67. The third-order valence-corrected chi connectivity index (χ3v) is 3.90. The molecule has 1 N–H and O–H groups in total. The number of esters is 1. The van der Waals surface area contributed by atoms with E-state index in [2.05, 4.69) is 15.9 Å². The molecule has 21 heavy (non-hydrogen) atoms. The third-order valence-electron chi connectivity index (χ3n) is 3.38. The van der Waals surface area contributed by atoms with Gasteiger partial charge in [-0.1, -0.05) is 52.3 Å². The summed E-state index contributed by atoms with van der Waals surface area (Å²) in [6, 6.07) is 15.0. The first-order valence-electron chi connectivity index (χ1n) is 6.34. The molecule has 1 heterocycles. The van der Waals surface area contributed by atoms with E-state index in [9.17, 15) is 14.7 Å². The molecule has 0 bridgehead atoms. The van der Waals surface area contributed by atoms with Gasteiger partial charge in [0, 0.05) is 10.0 Å². The number of aliphatic hydroxyl groups is 1. The molecule has 1 fully saturated rings. The minimum Gasteiger partial charge on any atom is -0.447 e. The van der Waals surface area contributed by atoms with E-state index in [0.29, 0.717) is 5.56 Å². The van der Waals surface area contributed by atoms with Crippen molar-refractivity contribution in [3.05, 3.63) is 58.6 Å². The van der Waals surface area contributed by atoms with Gasteiger partial charge in [-0.3, -0.25) is 4.79 Å². The zero-order valence-corrected chi connectivity index (χ0v) is 12.4. The maximum absolute atomic E-state index is 11.7. The van der Waals surface area contributed by atoms with Gasteiger partial charge in [0.25, 0.3) is 0 Å². The maximum atomic E-state index is 11.7. The van der Waals surface area contributed by atoms with Gasteiger partial charge in [0.1, 0.15) is 0 Å². The Morgan fingerprint density at radius 1 is 0.905 bits per heavy atom. The van der Waals surface area contributed by atoms with Crippen LogP contribution in [0.1, 0.15) is 11.7 Å². The van der Waals surface area contributed by atoms with Gasteiger partial charge in [0.15, 0.2) is 6.10 Å². The van der Waals surface area contributed by atoms with Crippen LogP contribution in [-0.4, -0.2) is 23.0 Å². The summed E-state index contributed by atoms with van der Waals surface area (Å²) in [5.41, 5.74) is 2.59. The monoisotopic (exact) mass is 346 g/mol. The maximum Gasteiger partial charge on any atom is 0.344 e. The van der Waals surface area contributed by atoms with Crippen LogP contribution >= 0.6 is 15.9 Å². The van der Waals surface area contributed by atoms with Crippen LogP contribution in [0.2, 0.25) is 0 Å². The quantitative estimate of drug-likeness (QED) is 0.670. The summed E-state index contributed by atoms with van der Waals surface area (Å²) in [5, 5.41) is 9.33. The van der Waals surface area contributed by atoms with Crippen molar-refractivity contribution < 1.29 is 19.4 Å². The van der Waals surface area contributed by atoms with Gasteiger partial charge < -0.3 is 9.84 Å². The van der Waals surface area contributed by atoms with E-state index in [0.717, 1.165) is 15.6 Å². The highest BCUT2D eigenvalue weighted by Crippen LogP contribution is 2.29. The van der Waals surface area contributed by atoms with Crippen molar-refractivity contribution in [1.29, 1.82) is 0 Å². The van der Waals surface area contributed by atoms with E-state index in [1.807, 2.05) is 36.4 Å². The van der Waals surface area contributed by atoms with Gasteiger partial charge in [0.05, 0.1) is 0 Å². The van der Waals surface area contributed by atoms with Crippen molar-refractivity contribution in [1.82, 2.24) is 0 Å². The number of hydrogen-bond acceptors (Lipinski definition) is 4. The average molecular weight is 347 g/mol. The molecular weight excluding hydrogens is 336 g/mol. The van der Waals surface area contributed by atoms with Crippen LogP contribution < -0.4 is 0 Å². The van der Waals surface area contributed by atoms with E-state index in [4.69, 9.17) is 4.74 Å². The van der Waals surface area contributed by atoms with E-state index in [-0.39, 0.29) is 0 Å². The first kappa shape index (κ1) is 14.0. The number of halogens is 1. The number of rotatable bonds is 2. The average Bonchev–Trinajstić information content (AvgIpc) is 2.76. The smallest absolute Gasteiger partial charge is 0.344 e. The number of ether oxygens (including phenoxy) is 1. The fraction of sp³-hybridized carbons (Fsp3) is 0.125. The van der Waals surface area contributed by atoms with Crippen molar-refractivity contribution in [3.8, 4) is 11.1 Å². The van der Waals surface area contributed by atoms with Gasteiger partial charge in [-0.05, 0) is 23.3 Å². The second kappa shape index (κ2) is 5.42. The lowest BCUT2D eigenvalue weighted by Gasteiger charge is -2.09. The Bertz CT molecular complexity index is 691. The zero-order valence-electron chi connectivity index (χ0n) is 10.8. The lowest BCUT2D eigenvalue weighted by molar-refractivity contribution is -0.147. The van der Waals surface area contributed by atoms with Crippen molar-refractivity contribution in [2.45, 2.75) is 12.2 Å². The SMILES string of the molecule is O=C1OC(c2ccc(-c3ccc(Br)cc3)cc2)C(=O)C1O. The minimum atomic E-state index is -1.67. The lowest BCUT2D eigenvalue weighted by Crippen LogP contribution is -2.21. The first-order valence-corrected chi connectivity index (χ1v) is 7.14. The molecule has 0 spiro atoms. The van der Waals surface area contributed by atoms with Crippen LogP contribution in [0.5, 0.6) is 0 Å². The van der Waals surface area contributed by atoms with Crippen molar-refractivity contribution in [3.63, 3.8) is 0 Å². The second-order valence-electron chi connectivity index (χ2n) is 4.75. The molecule has 2 aromatic rings. The molecule has 1 aliphatic heterocycles. The number of ketones is 1. The third kappa shape index (κ3) is 2.62. The van der Waals surface area contributed by atoms with Gasteiger partial charge in [-0.15, -0.1) is 0 Å². The summed E-state index contributed by atoms with van der Waals surface area (Å²) in [6.07, 6.45) is -2.67. The molecule has 0 aromatic heterocycles. The Hall–Kier alpha value is -1.98. The predicted octanol–water partition coefficient (Wildman–Crippen LogP) is 2.64. The van der Waals surface area contributed by atoms with E-state index in [1.165, 1.54) is 0 Å². The molecule has 0 radical (unpaired) electrons. The summed E-state index contributed by atoms with van der Waals surface area (Å²) in [5.74, 6) is -1.50.